The first kappa shape index (κ1) is 10.6. The van der Waals surface area contributed by atoms with Crippen molar-refractivity contribution < 1.29 is 8.78 Å². The highest BCUT2D eigenvalue weighted by Crippen LogP contribution is 2.41. The van der Waals surface area contributed by atoms with Gasteiger partial charge in [-0.15, -0.1) is 0 Å². The molecule has 0 saturated heterocycles. The molecular formula is C12H15F2N. The summed E-state index contributed by atoms with van der Waals surface area (Å²) in [5, 5.41) is 0. The van der Waals surface area contributed by atoms with Crippen LogP contribution in [0, 0.1) is 11.6 Å². The summed E-state index contributed by atoms with van der Waals surface area (Å²) in [4.78, 5) is 0. The molecule has 1 nitrogen and oxygen atoms in total. The van der Waals surface area contributed by atoms with Crippen LogP contribution in [0.2, 0.25) is 0 Å². The molecule has 15 heavy (non-hydrogen) atoms. The maximum Gasteiger partial charge on any atom is 0.162 e. The Morgan fingerprint density at radius 3 is 2.47 bits per heavy atom. The van der Waals surface area contributed by atoms with E-state index in [-0.39, 0.29) is 5.41 Å². The van der Waals surface area contributed by atoms with Gasteiger partial charge in [-0.05, 0) is 24.5 Å². The largest absolute Gasteiger partial charge is 0.330 e. The lowest BCUT2D eigenvalue weighted by Crippen LogP contribution is -2.33. The molecule has 1 fully saturated rings. The first-order valence-corrected chi connectivity index (χ1v) is 5.34. The van der Waals surface area contributed by atoms with Crippen LogP contribution in [0.5, 0.6) is 0 Å². The molecule has 2 N–H and O–H groups in total. The van der Waals surface area contributed by atoms with Crippen LogP contribution in [0.15, 0.2) is 18.2 Å². The van der Waals surface area contributed by atoms with Crippen LogP contribution in [-0.4, -0.2) is 6.54 Å². The average Bonchev–Trinajstić information content (AvgIpc) is 2.72. The average molecular weight is 211 g/mol. The molecule has 1 aliphatic rings. The number of nitrogens with two attached hydrogens (primary N) is 1. The fraction of sp³-hybridized carbons (Fsp3) is 0.500. The van der Waals surface area contributed by atoms with E-state index in [0.29, 0.717) is 12.1 Å². The van der Waals surface area contributed by atoms with Crippen LogP contribution in [0.3, 0.4) is 0 Å². The third-order valence-corrected chi connectivity index (χ3v) is 3.47. The normalized spacial score (nSPS) is 19.4. The van der Waals surface area contributed by atoms with Gasteiger partial charge < -0.3 is 5.73 Å². The van der Waals surface area contributed by atoms with Gasteiger partial charge in [0.05, 0.1) is 0 Å². The van der Waals surface area contributed by atoms with Crippen LogP contribution < -0.4 is 5.73 Å². The molecule has 1 aromatic carbocycles. The van der Waals surface area contributed by atoms with Gasteiger partial charge in [0.15, 0.2) is 11.6 Å². The van der Waals surface area contributed by atoms with Crippen molar-refractivity contribution in [3.8, 4) is 0 Å². The minimum absolute atomic E-state index is 0.327. The second-order valence-corrected chi connectivity index (χ2v) is 4.29. The maximum absolute atomic E-state index is 13.7. The number of hydrogen-bond acceptors (Lipinski definition) is 1. The molecule has 0 unspecified atom stereocenters. The van der Waals surface area contributed by atoms with Gasteiger partial charge in [-0.3, -0.25) is 0 Å². The summed E-state index contributed by atoms with van der Waals surface area (Å²) in [6, 6.07) is 4.37. The van der Waals surface area contributed by atoms with Crippen molar-refractivity contribution in [1.29, 1.82) is 0 Å². The van der Waals surface area contributed by atoms with E-state index in [0.717, 1.165) is 31.7 Å². The molecular weight excluding hydrogens is 196 g/mol. The fourth-order valence-electron chi connectivity index (χ4n) is 2.55. The molecule has 0 heterocycles. The molecule has 0 aliphatic heterocycles. The predicted molar refractivity (Wildman–Crippen MR) is 55.6 cm³/mol. The van der Waals surface area contributed by atoms with E-state index in [9.17, 15) is 8.78 Å². The Kier molecular flexibility index (Phi) is 2.74. The zero-order valence-corrected chi connectivity index (χ0v) is 8.60. The molecule has 0 atom stereocenters. The van der Waals surface area contributed by atoms with Gasteiger partial charge >= 0.3 is 0 Å². The summed E-state index contributed by atoms with van der Waals surface area (Å²) in [6.07, 6.45) is 3.83. The fourth-order valence-corrected chi connectivity index (χ4v) is 2.55. The minimum atomic E-state index is -0.771. The van der Waals surface area contributed by atoms with Gasteiger partial charge in [0.2, 0.25) is 0 Å². The van der Waals surface area contributed by atoms with Gasteiger partial charge in [0.25, 0.3) is 0 Å². The first-order chi connectivity index (χ1) is 7.19. The standard InChI is InChI=1S/C12H15F2N/c13-10-5-3-4-9(11(10)14)12(8-15)6-1-2-7-12/h3-5H,1-2,6-8,15H2. The Balaban J connectivity index is 2.47. The van der Waals surface area contributed by atoms with Gasteiger partial charge in [-0.25, -0.2) is 8.78 Å². The van der Waals surface area contributed by atoms with E-state index < -0.39 is 11.6 Å². The highest BCUT2D eigenvalue weighted by atomic mass is 19.2. The van der Waals surface area contributed by atoms with E-state index in [1.165, 1.54) is 0 Å². The topological polar surface area (TPSA) is 26.0 Å². The SMILES string of the molecule is NCC1(c2cccc(F)c2F)CCCC1. The third kappa shape index (κ3) is 1.65. The Morgan fingerprint density at radius 2 is 1.87 bits per heavy atom. The van der Waals surface area contributed by atoms with Gasteiger partial charge in [-0.2, -0.15) is 0 Å². The number of benzene rings is 1. The van der Waals surface area contributed by atoms with Gasteiger partial charge in [0.1, 0.15) is 0 Å². The third-order valence-electron chi connectivity index (χ3n) is 3.47. The van der Waals surface area contributed by atoms with E-state index in [1.54, 1.807) is 12.1 Å². The molecule has 2 rings (SSSR count). The molecule has 1 saturated carbocycles. The first-order valence-electron chi connectivity index (χ1n) is 5.34. The second-order valence-electron chi connectivity index (χ2n) is 4.29. The molecule has 0 radical (unpaired) electrons. The maximum atomic E-state index is 13.7. The van der Waals surface area contributed by atoms with Gasteiger partial charge in [-0.1, -0.05) is 25.0 Å². The molecule has 1 aromatic rings. The van der Waals surface area contributed by atoms with Gasteiger partial charge in [0, 0.05) is 12.0 Å². The van der Waals surface area contributed by atoms with Crippen molar-refractivity contribution in [1.82, 2.24) is 0 Å². The highest BCUT2D eigenvalue weighted by Gasteiger charge is 2.36. The number of hydrogen-bond donors (Lipinski definition) is 1. The molecule has 1 aliphatic carbocycles. The Labute approximate surface area is 88.3 Å². The van der Waals surface area contributed by atoms with Crippen molar-refractivity contribution in [2.75, 3.05) is 6.54 Å². The molecule has 3 heteroatoms. The zero-order chi connectivity index (χ0) is 10.9. The minimum Gasteiger partial charge on any atom is -0.330 e. The van der Waals surface area contributed by atoms with Crippen LogP contribution in [-0.2, 0) is 5.41 Å². The Bertz CT molecular complexity index is 357. The van der Waals surface area contributed by atoms with Crippen LogP contribution in [0.25, 0.3) is 0 Å². The zero-order valence-electron chi connectivity index (χ0n) is 8.60. The molecule has 0 aromatic heterocycles. The molecule has 0 spiro atoms. The lowest BCUT2D eigenvalue weighted by molar-refractivity contribution is 0.408. The van der Waals surface area contributed by atoms with Crippen molar-refractivity contribution in [2.45, 2.75) is 31.1 Å². The second kappa shape index (κ2) is 3.89. The van der Waals surface area contributed by atoms with Crippen molar-refractivity contribution >= 4 is 0 Å². The Morgan fingerprint density at radius 1 is 1.20 bits per heavy atom. The van der Waals surface area contributed by atoms with Crippen molar-refractivity contribution in [3.05, 3.63) is 35.4 Å². The van der Waals surface area contributed by atoms with E-state index in [1.807, 2.05) is 0 Å². The summed E-state index contributed by atoms with van der Waals surface area (Å²) < 4.78 is 26.8. The number of rotatable bonds is 2. The van der Waals surface area contributed by atoms with Crippen molar-refractivity contribution in [3.63, 3.8) is 0 Å². The lowest BCUT2D eigenvalue weighted by Gasteiger charge is -2.28. The molecule has 82 valence electrons. The summed E-state index contributed by atoms with van der Waals surface area (Å²) in [5.74, 6) is -1.49. The summed E-state index contributed by atoms with van der Waals surface area (Å²) >= 11 is 0. The quantitative estimate of drug-likeness (QED) is 0.799. The smallest absolute Gasteiger partial charge is 0.162 e. The Hall–Kier alpha value is -0.960. The monoisotopic (exact) mass is 211 g/mol. The van der Waals surface area contributed by atoms with Crippen LogP contribution in [0.4, 0.5) is 8.78 Å². The number of halogens is 2. The van der Waals surface area contributed by atoms with E-state index >= 15 is 0 Å². The van der Waals surface area contributed by atoms with E-state index in [2.05, 4.69) is 0 Å². The van der Waals surface area contributed by atoms with Crippen molar-refractivity contribution in [2.24, 2.45) is 5.73 Å². The summed E-state index contributed by atoms with van der Waals surface area (Å²) in [6.45, 7) is 0.396. The highest BCUT2D eigenvalue weighted by molar-refractivity contribution is 5.29. The lowest BCUT2D eigenvalue weighted by atomic mass is 9.78. The van der Waals surface area contributed by atoms with Crippen LogP contribution in [0.1, 0.15) is 31.2 Å². The summed E-state index contributed by atoms with van der Waals surface area (Å²) in [7, 11) is 0. The molecule has 0 bridgehead atoms. The summed E-state index contributed by atoms with van der Waals surface area (Å²) in [5.41, 5.74) is 5.86. The van der Waals surface area contributed by atoms with E-state index in [4.69, 9.17) is 5.73 Å². The molecule has 0 amide bonds. The predicted octanol–water partition coefficient (Wildman–Crippen LogP) is 2.74. The van der Waals surface area contributed by atoms with Crippen LogP contribution >= 0.6 is 0 Å².